The van der Waals surface area contributed by atoms with Gasteiger partial charge in [-0.15, -0.1) is 6.58 Å². The molecule has 1 aromatic rings. The molecule has 7 nitrogen and oxygen atoms in total. The Morgan fingerprint density at radius 3 is 2.77 bits per heavy atom. The quantitative estimate of drug-likeness (QED) is 0.348. The highest BCUT2D eigenvalue weighted by Crippen LogP contribution is 2.59. The molecule has 8 heteroatoms. The average Bonchev–Trinajstić information content (AvgIpc) is 3.26. The lowest BCUT2D eigenvalue weighted by Crippen LogP contribution is -2.46. The van der Waals surface area contributed by atoms with E-state index in [0.29, 0.717) is 36.5 Å². The zero-order valence-electron chi connectivity index (χ0n) is 17.8. The predicted octanol–water partition coefficient (Wildman–Crippen LogP) is 3.39. The van der Waals surface area contributed by atoms with Crippen molar-refractivity contribution < 1.29 is 19.1 Å². The molecule has 1 saturated carbocycles. The number of halogens is 1. The van der Waals surface area contributed by atoms with Gasteiger partial charge in [0.2, 0.25) is 0 Å². The lowest BCUT2D eigenvalue weighted by atomic mass is 9.95. The second-order valence-corrected chi connectivity index (χ2v) is 9.89. The van der Waals surface area contributed by atoms with Gasteiger partial charge in [0.05, 0.1) is 31.4 Å². The zero-order valence-corrected chi connectivity index (χ0v) is 19.4. The SMILES string of the molecule is C=CCOCc1ccc(Br)nc1CC(=O)[C@@H]1CC2(CN)CC2N1C(=O)OC(C)(C)C. The van der Waals surface area contributed by atoms with Crippen LogP contribution in [0.5, 0.6) is 0 Å². The molecule has 0 bridgehead atoms. The van der Waals surface area contributed by atoms with Crippen LogP contribution >= 0.6 is 15.9 Å². The first-order chi connectivity index (χ1) is 14.1. The molecule has 3 atom stereocenters. The van der Waals surface area contributed by atoms with Crippen LogP contribution < -0.4 is 5.73 Å². The molecule has 30 heavy (non-hydrogen) atoms. The first kappa shape index (κ1) is 22.9. The van der Waals surface area contributed by atoms with E-state index in [0.717, 1.165) is 12.0 Å². The second kappa shape index (κ2) is 8.77. The molecule has 1 amide bonds. The second-order valence-electron chi connectivity index (χ2n) is 9.08. The summed E-state index contributed by atoms with van der Waals surface area (Å²) in [5.41, 5.74) is 6.68. The van der Waals surface area contributed by atoms with Crippen molar-refractivity contribution in [2.75, 3.05) is 13.2 Å². The fourth-order valence-corrected chi connectivity index (χ4v) is 4.45. The third kappa shape index (κ3) is 4.92. The number of nitrogens with two attached hydrogens (primary N) is 1. The summed E-state index contributed by atoms with van der Waals surface area (Å²) in [5.74, 6) is -0.0588. The van der Waals surface area contributed by atoms with Crippen LogP contribution in [-0.2, 0) is 27.3 Å². The van der Waals surface area contributed by atoms with Crippen LogP contribution in [0.1, 0.15) is 44.9 Å². The Morgan fingerprint density at radius 2 is 2.13 bits per heavy atom. The van der Waals surface area contributed by atoms with E-state index in [9.17, 15) is 9.59 Å². The Kier molecular flexibility index (Phi) is 6.69. The smallest absolute Gasteiger partial charge is 0.411 e. The first-order valence-electron chi connectivity index (χ1n) is 10.2. The monoisotopic (exact) mass is 479 g/mol. The molecular formula is C22H30BrN3O4. The normalized spacial score (nSPS) is 25.0. The lowest BCUT2D eigenvalue weighted by Gasteiger charge is -2.30. The predicted molar refractivity (Wildman–Crippen MR) is 117 cm³/mol. The largest absolute Gasteiger partial charge is 0.444 e. The molecule has 2 heterocycles. The fourth-order valence-electron chi connectivity index (χ4n) is 4.10. The number of ketones is 1. The standard InChI is InChI=1S/C22H30BrN3O4/c1-5-8-29-12-14-6-7-19(23)25-15(14)9-17(27)16-10-22(13-24)11-18(22)26(16)20(28)30-21(2,3)4/h5-7,16,18H,1,8-13,24H2,2-4H3/t16-,18?,22?/m0/s1. The summed E-state index contributed by atoms with van der Waals surface area (Å²) in [5, 5.41) is 0. The maximum atomic E-state index is 13.3. The van der Waals surface area contributed by atoms with E-state index in [-0.39, 0.29) is 23.7 Å². The number of carbonyl (C=O) groups is 2. The van der Waals surface area contributed by atoms with Gasteiger partial charge >= 0.3 is 6.09 Å². The van der Waals surface area contributed by atoms with Crippen LogP contribution in [0, 0.1) is 5.41 Å². The van der Waals surface area contributed by atoms with Crippen LogP contribution in [0.3, 0.4) is 0 Å². The van der Waals surface area contributed by atoms with Gasteiger partial charge in [-0.25, -0.2) is 9.78 Å². The maximum Gasteiger partial charge on any atom is 0.411 e. The number of nitrogens with zero attached hydrogens (tertiary/aromatic N) is 2. The van der Waals surface area contributed by atoms with Gasteiger partial charge in [-0.1, -0.05) is 12.1 Å². The maximum absolute atomic E-state index is 13.3. The van der Waals surface area contributed by atoms with E-state index >= 15 is 0 Å². The van der Waals surface area contributed by atoms with Gasteiger partial charge in [0, 0.05) is 18.0 Å². The van der Waals surface area contributed by atoms with E-state index < -0.39 is 17.7 Å². The van der Waals surface area contributed by atoms with E-state index in [1.54, 1.807) is 11.0 Å². The Labute approximate surface area is 186 Å². The van der Waals surface area contributed by atoms with Crippen molar-refractivity contribution in [3.63, 3.8) is 0 Å². The fraction of sp³-hybridized carbons (Fsp3) is 0.591. The summed E-state index contributed by atoms with van der Waals surface area (Å²) in [6.45, 7) is 10.3. The number of carbonyl (C=O) groups excluding carboxylic acids is 2. The molecular weight excluding hydrogens is 450 g/mol. The molecule has 1 saturated heterocycles. The number of rotatable bonds is 8. The summed E-state index contributed by atoms with van der Waals surface area (Å²) in [4.78, 5) is 32.3. The summed E-state index contributed by atoms with van der Waals surface area (Å²) < 4.78 is 11.8. The van der Waals surface area contributed by atoms with Gasteiger partial charge < -0.3 is 15.2 Å². The third-order valence-electron chi connectivity index (χ3n) is 5.67. The van der Waals surface area contributed by atoms with Crippen molar-refractivity contribution in [1.29, 1.82) is 0 Å². The van der Waals surface area contributed by atoms with Gasteiger partial charge in [-0.05, 0) is 61.2 Å². The number of hydrogen-bond donors (Lipinski definition) is 1. The average molecular weight is 480 g/mol. The van der Waals surface area contributed by atoms with Crippen molar-refractivity contribution in [3.8, 4) is 0 Å². The third-order valence-corrected chi connectivity index (χ3v) is 6.11. The number of fused-ring (bicyclic) bond motifs is 1. The van der Waals surface area contributed by atoms with Gasteiger partial charge in [-0.3, -0.25) is 9.69 Å². The van der Waals surface area contributed by atoms with Gasteiger partial charge in [0.15, 0.2) is 5.78 Å². The molecule has 2 fully saturated rings. The van der Waals surface area contributed by atoms with Gasteiger partial charge in [-0.2, -0.15) is 0 Å². The first-order valence-corrected chi connectivity index (χ1v) is 11.0. The number of amides is 1. The number of pyridine rings is 1. The highest BCUT2D eigenvalue weighted by Gasteiger charge is 2.66. The summed E-state index contributed by atoms with van der Waals surface area (Å²) in [7, 11) is 0. The van der Waals surface area contributed by atoms with Crippen molar-refractivity contribution in [2.45, 2.75) is 64.3 Å². The van der Waals surface area contributed by atoms with Crippen molar-refractivity contribution in [2.24, 2.45) is 11.1 Å². The summed E-state index contributed by atoms with van der Waals surface area (Å²) in [6.07, 6.45) is 2.73. The molecule has 0 radical (unpaired) electrons. The van der Waals surface area contributed by atoms with Gasteiger partial charge in [0.1, 0.15) is 10.2 Å². The number of likely N-dealkylation sites (tertiary alicyclic amines) is 1. The zero-order chi connectivity index (χ0) is 22.1. The van der Waals surface area contributed by atoms with Crippen molar-refractivity contribution in [3.05, 3.63) is 40.6 Å². The minimum Gasteiger partial charge on any atom is -0.444 e. The van der Waals surface area contributed by atoms with E-state index in [1.807, 2.05) is 32.9 Å². The van der Waals surface area contributed by atoms with E-state index in [1.165, 1.54) is 0 Å². The topological polar surface area (TPSA) is 94.7 Å². The number of Topliss-reactive ketones (excluding diaryl/α,β-unsaturated/α-hetero) is 1. The van der Waals surface area contributed by atoms with Crippen LogP contribution in [0.25, 0.3) is 0 Å². The van der Waals surface area contributed by atoms with Crippen LogP contribution in [0.15, 0.2) is 29.4 Å². The Balaban J connectivity index is 1.79. The Morgan fingerprint density at radius 1 is 1.40 bits per heavy atom. The summed E-state index contributed by atoms with van der Waals surface area (Å²) >= 11 is 3.38. The minimum atomic E-state index is -0.630. The van der Waals surface area contributed by atoms with E-state index in [4.69, 9.17) is 15.2 Å². The number of piperidine rings is 1. The highest BCUT2D eigenvalue weighted by atomic mass is 79.9. The van der Waals surface area contributed by atoms with Crippen LogP contribution in [-0.4, -0.2) is 52.6 Å². The summed E-state index contributed by atoms with van der Waals surface area (Å²) in [6, 6.07) is 3.13. The molecule has 1 aliphatic carbocycles. The highest BCUT2D eigenvalue weighted by molar-refractivity contribution is 9.10. The molecule has 1 aromatic heterocycles. The molecule has 2 N–H and O–H groups in total. The molecule has 2 unspecified atom stereocenters. The molecule has 1 aliphatic heterocycles. The number of ether oxygens (including phenoxy) is 2. The Hall–Kier alpha value is -1.77. The Bertz CT molecular complexity index is 838. The van der Waals surface area contributed by atoms with Crippen LogP contribution in [0.4, 0.5) is 4.79 Å². The van der Waals surface area contributed by atoms with Crippen molar-refractivity contribution in [1.82, 2.24) is 9.88 Å². The molecule has 3 rings (SSSR count). The molecule has 0 spiro atoms. The molecule has 2 aliphatic rings. The number of aromatic nitrogens is 1. The minimum absolute atomic E-state index is 0.0304. The lowest BCUT2D eigenvalue weighted by molar-refractivity contribution is -0.123. The van der Waals surface area contributed by atoms with Crippen LogP contribution in [0.2, 0.25) is 0 Å². The van der Waals surface area contributed by atoms with Gasteiger partial charge in [0.25, 0.3) is 0 Å². The van der Waals surface area contributed by atoms with E-state index in [2.05, 4.69) is 27.5 Å². The molecule has 164 valence electrons. The molecule has 0 aromatic carbocycles. The number of hydrogen-bond acceptors (Lipinski definition) is 6. The van der Waals surface area contributed by atoms with Crippen molar-refractivity contribution >= 4 is 27.8 Å².